The van der Waals surface area contributed by atoms with E-state index in [1.807, 2.05) is 6.07 Å². The zero-order chi connectivity index (χ0) is 28.0. The average molecular weight is 553 g/mol. The highest BCUT2D eigenvalue weighted by molar-refractivity contribution is 6.00. The van der Waals surface area contributed by atoms with E-state index in [0.29, 0.717) is 17.9 Å². The number of hydrogen-bond acceptors (Lipinski definition) is 6. The van der Waals surface area contributed by atoms with Gasteiger partial charge in [-0.2, -0.15) is 18.3 Å². The standard InChI is InChI=1S/C28H27F3N6O3/c1-35-15-22(26(34-35)28(29,30)31)19-10-17(14-36-7-6-32-16-36)11-21-25(19)40-9-8-37(27(21)38)24-5-3-4-23-20(24)12-18(39-2)13-33-23/h6-7,10-13,15-16,24H,3-5,8-9,14H2,1-2H3. The molecule has 1 aromatic carbocycles. The predicted octanol–water partition coefficient (Wildman–Crippen LogP) is 4.67. The summed E-state index contributed by atoms with van der Waals surface area (Å²) in [6.07, 6.45) is 5.65. The minimum atomic E-state index is -4.69. The van der Waals surface area contributed by atoms with Gasteiger partial charge < -0.3 is 18.9 Å². The van der Waals surface area contributed by atoms with E-state index in [2.05, 4.69) is 15.1 Å². The molecule has 1 atom stereocenters. The van der Waals surface area contributed by atoms with E-state index in [0.717, 1.165) is 35.2 Å². The SMILES string of the molecule is COc1cnc2c(c1)C(N1CCOc3c(cc(Cn4ccnc4)cc3-c3cn(C)nc3C(F)(F)F)C1=O)CCC2. The Labute approximate surface area is 228 Å². The number of pyridine rings is 1. The Morgan fingerprint density at radius 3 is 2.75 bits per heavy atom. The first kappa shape index (κ1) is 25.9. The van der Waals surface area contributed by atoms with Crippen LogP contribution >= 0.6 is 0 Å². The van der Waals surface area contributed by atoms with Gasteiger partial charge in [0, 0.05) is 49.0 Å². The van der Waals surface area contributed by atoms with Crippen molar-refractivity contribution in [2.45, 2.75) is 38.0 Å². The largest absolute Gasteiger partial charge is 0.495 e. The smallest absolute Gasteiger partial charge is 0.435 e. The molecule has 0 bridgehead atoms. The molecule has 6 rings (SSSR count). The number of benzene rings is 1. The van der Waals surface area contributed by atoms with Crippen LogP contribution in [0.15, 0.2) is 49.3 Å². The van der Waals surface area contributed by atoms with Crippen molar-refractivity contribution < 1.29 is 27.4 Å². The molecule has 1 amide bonds. The Balaban J connectivity index is 1.49. The van der Waals surface area contributed by atoms with Gasteiger partial charge in [-0.25, -0.2) is 4.98 Å². The third-order valence-electron chi connectivity index (χ3n) is 7.37. The van der Waals surface area contributed by atoms with Gasteiger partial charge >= 0.3 is 6.18 Å². The summed E-state index contributed by atoms with van der Waals surface area (Å²) in [5.74, 6) is 0.422. The molecule has 40 heavy (non-hydrogen) atoms. The summed E-state index contributed by atoms with van der Waals surface area (Å²) in [5, 5.41) is 3.69. The minimum absolute atomic E-state index is 0.122. The van der Waals surface area contributed by atoms with E-state index in [1.54, 1.807) is 53.6 Å². The number of rotatable bonds is 5. The molecule has 12 heteroatoms. The van der Waals surface area contributed by atoms with Gasteiger partial charge in [0.1, 0.15) is 18.1 Å². The van der Waals surface area contributed by atoms with Crippen molar-refractivity contribution in [2.24, 2.45) is 7.05 Å². The first-order valence-electron chi connectivity index (χ1n) is 12.9. The lowest BCUT2D eigenvalue weighted by molar-refractivity contribution is -0.140. The van der Waals surface area contributed by atoms with Gasteiger partial charge in [-0.15, -0.1) is 0 Å². The maximum atomic E-state index is 14.3. The van der Waals surface area contributed by atoms with Crippen LogP contribution in [0.5, 0.6) is 11.5 Å². The van der Waals surface area contributed by atoms with Gasteiger partial charge in [-0.1, -0.05) is 0 Å². The zero-order valence-electron chi connectivity index (χ0n) is 22.0. The topological polar surface area (TPSA) is 87.3 Å². The molecule has 9 nitrogen and oxygen atoms in total. The molecular formula is C28H27F3N6O3. The fourth-order valence-electron chi connectivity index (χ4n) is 5.62. The monoisotopic (exact) mass is 552 g/mol. The van der Waals surface area contributed by atoms with Gasteiger partial charge in [0.05, 0.1) is 37.8 Å². The number of carbonyl (C=O) groups is 1. The van der Waals surface area contributed by atoms with E-state index in [4.69, 9.17) is 9.47 Å². The van der Waals surface area contributed by atoms with E-state index in [-0.39, 0.29) is 47.5 Å². The minimum Gasteiger partial charge on any atom is -0.495 e. The molecule has 3 aromatic heterocycles. The van der Waals surface area contributed by atoms with Crippen LogP contribution < -0.4 is 9.47 Å². The summed E-state index contributed by atoms with van der Waals surface area (Å²) in [6.45, 7) is 0.699. The van der Waals surface area contributed by atoms with Crippen LogP contribution in [0.3, 0.4) is 0 Å². The lowest BCUT2D eigenvalue weighted by atomic mass is 9.89. The number of imidazole rings is 1. The molecule has 1 aliphatic carbocycles. The third-order valence-corrected chi connectivity index (χ3v) is 7.37. The number of fused-ring (bicyclic) bond motifs is 2. The Kier molecular flexibility index (Phi) is 6.47. The van der Waals surface area contributed by atoms with Crippen LogP contribution in [0.4, 0.5) is 13.2 Å². The molecule has 2 aliphatic rings. The molecular weight excluding hydrogens is 525 g/mol. The maximum absolute atomic E-state index is 14.3. The molecule has 4 heterocycles. The van der Waals surface area contributed by atoms with Crippen LogP contribution in [0.25, 0.3) is 11.1 Å². The predicted molar refractivity (Wildman–Crippen MR) is 138 cm³/mol. The number of amides is 1. The Bertz CT molecular complexity index is 1560. The van der Waals surface area contributed by atoms with Crippen molar-refractivity contribution in [2.75, 3.05) is 20.3 Å². The van der Waals surface area contributed by atoms with Crippen molar-refractivity contribution in [1.29, 1.82) is 0 Å². The summed E-state index contributed by atoms with van der Waals surface area (Å²) in [4.78, 5) is 24.6. The Morgan fingerprint density at radius 2 is 2.00 bits per heavy atom. The van der Waals surface area contributed by atoms with Crippen molar-refractivity contribution in [3.05, 3.63) is 77.4 Å². The number of carbonyl (C=O) groups excluding carboxylic acids is 1. The van der Waals surface area contributed by atoms with Gasteiger partial charge in [0.2, 0.25) is 0 Å². The van der Waals surface area contributed by atoms with E-state index < -0.39 is 11.9 Å². The van der Waals surface area contributed by atoms with Crippen LogP contribution in [-0.4, -0.2) is 55.4 Å². The lowest BCUT2D eigenvalue weighted by Gasteiger charge is -2.34. The van der Waals surface area contributed by atoms with Crippen molar-refractivity contribution >= 4 is 5.91 Å². The van der Waals surface area contributed by atoms with Gasteiger partial charge in [0.15, 0.2) is 5.69 Å². The second-order valence-corrected chi connectivity index (χ2v) is 9.98. The molecule has 0 radical (unpaired) electrons. The average Bonchev–Trinajstić information content (AvgIpc) is 3.56. The number of nitrogens with zero attached hydrogens (tertiary/aromatic N) is 6. The highest BCUT2D eigenvalue weighted by Gasteiger charge is 2.40. The third kappa shape index (κ3) is 4.67. The molecule has 208 valence electrons. The normalized spacial score (nSPS) is 17.2. The van der Waals surface area contributed by atoms with Crippen molar-refractivity contribution in [1.82, 2.24) is 29.2 Å². The van der Waals surface area contributed by atoms with Crippen molar-refractivity contribution in [3.8, 4) is 22.6 Å². The van der Waals surface area contributed by atoms with Gasteiger partial charge in [0.25, 0.3) is 5.91 Å². The Hall–Kier alpha value is -4.35. The van der Waals surface area contributed by atoms with Crippen LogP contribution in [-0.2, 0) is 26.2 Å². The van der Waals surface area contributed by atoms with E-state index in [1.165, 1.54) is 13.2 Å². The second kappa shape index (κ2) is 10.00. The zero-order valence-corrected chi connectivity index (χ0v) is 22.0. The number of ether oxygens (including phenoxy) is 2. The maximum Gasteiger partial charge on any atom is 0.435 e. The highest BCUT2D eigenvalue weighted by atomic mass is 19.4. The molecule has 4 aromatic rings. The number of halogens is 3. The highest BCUT2D eigenvalue weighted by Crippen LogP contribution is 2.44. The molecule has 0 spiro atoms. The summed E-state index contributed by atoms with van der Waals surface area (Å²) in [6, 6.07) is 4.99. The van der Waals surface area contributed by atoms with Crippen LogP contribution in [0, 0.1) is 0 Å². The number of aryl methyl sites for hydroxylation is 2. The fourth-order valence-corrected chi connectivity index (χ4v) is 5.62. The van der Waals surface area contributed by atoms with Crippen LogP contribution in [0.1, 0.15) is 51.8 Å². The molecule has 0 saturated carbocycles. The quantitative estimate of drug-likeness (QED) is 0.358. The number of aromatic nitrogens is 5. The molecule has 0 fully saturated rings. The molecule has 0 saturated heterocycles. The summed E-state index contributed by atoms with van der Waals surface area (Å²) in [7, 11) is 3.00. The van der Waals surface area contributed by atoms with Crippen molar-refractivity contribution in [3.63, 3.8) is 0 Å². The van der Waals surface area contributed by atoms with E-state index in [9.17, 15) is 18.0 Å². The molecule has 1 unspecified atom stereocenters. The number of methoxy groups -OCH3 is 1. The van der Waals surface area contributed by atoms with Crippen LogP contribution in [0.2, 0.25) is 0 Å². The number of hydrogen-bond donors (Lipinski definition) is 0. The first-order valence-corrected chi connectivity index (χ1v) is 12.9. The Morgan fingerprint density at radius 1 is 1.18 bits per heavy atom. The second-order valence-electron chi connectivity index (χ2n) is 9.98. The fraction of sp³-hybridized carbons (Fsp3) is 0.357. The van der Waals surface area contributed by atoms with E-state index >= 15 is 0 Å². The number of alkyl halides is 3. The summed E-state index contributed by atoms with van der Waals surface area (Å²) in [5.41, 5.74) is 1.68. The lowest BCUT2D eigenvalue weighted by Crippen LogP contribution is -2.38. The summed E-state index contributed by atoms with van der Waals surface area (Å²) >= 11 is 0. The molecule has 0 N–H and O–H groups in total. The van der Waals surface area contributed by atoms with Gasteiger partial charge in [-0.05, 0) is 48.6 Å². The first-order chi connectivity index (χ1) is 19.2. The van der Waals surface area contributed by atoms with Gasteiger partial charge in [-0.3, -0.25) is 14.5 Å². The summed E-state index contributed by atoms with van der Waals surface area (Å²) < 4.78 is 56.5. The molecule has 1 aliphatic heterocycles.